The number of rotatable bonds is 0. The molecule has 0 saturated carbocycles. The minimum atomic E-state index is 0.0398. The maximum atomic E-state index is 8.65. The Morgan fingerprint density at radius 1 is 1.31 bits per heavy atom. The van der Waals surface area contributed by atoms with Gasteiger partial charge in [0, 0.05) is 5.69 Å². The molecule has 0 heterocycles. The zero-order chi connectivity index (χ0) is 10.1. The van der Waals surface area contributed by atoms with Crippen LogP contribution in [0.25, 0.3) is 0 Å². The van der Waals surface area contributed by atoms with E-state index >= 15 is 0 Å². The maximum Gasteiger partial charge on any atom is 0.0992 e. The fourth-order valence-corrected chi connectivity index (χ4v) is 1.32. The van der Waals surface area contributed by atoms with Crippen LogP contribution in [0.4, 0.5) is 5.69 Å². The minimum Gasteiger partial charge on any atom is -0.398 e. The monoisotopic (exact) mass is 174 g/mol. The van der Waals surface area contributed by atoms with Gasteiger partial charge in [-0.15, -0.1) is 0 Å². The van der Waals surface area contributed by atoms with Crippen molar-refractivity contribution in [1.29, 1.82) is 5.26 Å². The molecule has 0 aromatic heterocycles. The molecular formula is C11H14N2. The largest absolute Gasteiger partial charge is 0.398 e. The van der Waals surface area contributed by atoms with E-state index in [4.69, 9.17) is 11.0 Å². The third-order valence-corrected chi connectivity index (χ3v) is 1.99. The molecule has 13 heavy (non-hydrogen) atoms. The smallest absolute Gasteiger partial charge is 0.0992 e. The molecule has 0 radical (unpaired) electrons. The molecule has 2 nitrogen and oxygen atoms in total. The molecular weight excluding hydrogens is 160 g/mol. The molecule has 0 unspecified atom stereocenters. The highest BCUT2D eigenvalue weighted by molar-refractivity contribution is 5.54. The third kappa shape index (κ3) is 2.00. The highest BCUT2D eigenvalue weighted by Crippen LogP contribution is 2.27. The van der Waals surface area contributed by atoms with Gasteiger partial charge in [0.15, 0.2) is 0 Å². The number of nitriles is 1. The molecule has 0 spiro atoms. The lowest BCUT2D eigenvalue weighted by atomic mass is 9.85. The lowest BCUT2D eigenvalue weighted by Crippen LogP contribution is -2.13. The van der Waals surface area contributed by atoms with Crippen LogP contribution in [0, 0.1) is 11.3 Å². The average Bonchev–Trinajstić information content (AvgIpc) is 2.01. The van der Waals surface area contributed by atoms with Crippen LogP contribution in [-0.4, -0.2) is 0 Å². The number of nitrogens with zero attached hydrogens (tertiary/aromatic N) is 1. The van der Waals surface area contributed by atoms with Crippen molar-refractivity contribution in [1.82, 2.24) is 0 Å². The van der Waals surface area contributed by atoms with Crippen molar-refractivity contribution >= 4 is 5.69 Å². The minimum absolute atomic E-state index is 0.0398. The van der Waals surface area contributed by atoms with Gasteiger partial charge in [-0.3, -0.25) is 0 Å². The highest BCUT2D eigenvalue weighted by Gasteiger charge is 2.16. The van der Waals surface area contributed by atoms with Gasteiger partial charge >= 0.3 is 0 Å². The molecule has 0 amide bonds. The molecule has 0 fully saturated rings. The Morgan fingerprint density at radius 3 is 2.31 bits per heavy atom. The van der Waals surface area contributed by atoms with E-state index in [0.29, 0.717) is 11.3 Å². The van der Waals surface area contributed by atoms with Gasteiger partial charge in [0.2, 0.25) is 0 Å². The van der Waals surface area contributed by atoms with Gasteiger partial charge in [-0.1, -0.05) is 26.8 Å². The summed E-state index contributed by atoms with van der Waals surface area (Å²) in [6.45, 7) is 6.31. The van der Waals surface area contributed by atoms with Crippen LogP contribution in [0.15, 0.2) is 18.2 Å². The van der Waals surface area contributed by atoms with Gasteiger partial charge in [0.05, 0.1) is 11.6 Å². The first-order valence-electron chi connectivity index (χ1n) is 4.25. The fraction of sp³-hybridized carbons (Fsp3) is 0.364. The zero-order valence-electron chi connectivity index (χ0n) is 8.26. The Bertz CT molecular complexity index is 353. The van der Waals surface area contributed by atoms with E-state index in [1.807, 2.05) is 6.07 Å². The number of anilines is 1. The summed E-state index contributed by atoms with van der Waals surface area (Å²) in [7, 11) is 0. The summed E-state index contributed by atoms with van der Waals surface area (Å²) in [5.41, 5.74) is 8.28. The predicted molar refractivity (Wildman–Crippen MR) is 54.3 cm³/mol. The lowest BCUT2D eigenvalue weighted by molar-refractivity contribution is 0.592. The fourth-order valence-electron chi connectivity index (χ4n) is 1.32. The number of benzene rings is 1. The maximum absolute atomic E-state index is 8.65. The quantitative estimate of drug-likeness (QED) is 0.614. The molecule has 68 valence electrons. The molecule has 0 aliphatic heterocycles. The predicted octanol–water partition coefficient (Wildman–Crippen LogP) is 2.44. The summed E-state index contributed by atoms with van der Waals surface area (Å²) in [5, 5.41) is 8.65. The van der Waals surface area contributed by atoms with E-state index in [-0.39, 0.29) is 5.41 Å². The molecule has 1 aromatic rings. The average molecular weight is 174 g/mol. The number of hydrogen-bond donors (Lipinski definition) is 1. The van der Waals surface area contributed by atoms with E-state index in [2.05, 4.69) is 26.8 Å². The Balaban J connectivity index is 3.23. The van der Waals surface area contributed by atoms with Gasteiger partial charge in [-0.05, 0) is 23.1 Å². The Kier molecular flexibility index (Phi) is 2.29. The standard InChI is InChI=1S/C11H14N2/c1-11(2,3)9-5-4-8(7-12)6-10(9)13/h4-6H,13H2,1-3H3. The Morgan fingerprint density at radius 2 is 1.92 bits per heavy atom. The van der Waals surface area contributed by atoms with Crippen LogP contribution in [0.2, 0.25) is 0 Å². The summed E-state index contributed by atoms with van der Waals surface area (Å²) >= 11 is 0. The number of nitrogen functional groups attached to an aromatic ring is 1. The second-order valence-corrected chi connectivity index (χ2v) is 4.16. The molecule has 2 heteroatoms. The molecule has 1 aromatic carbocycles. The Hall–Kier alpha value is -1.49. The van der Waals surface area contributed by atoms with E-state index in [1.165, 1.54) is 0 Å². The summed E-state index contributed by atoms with van der Waals surface area (Å²) in [4.78, 5) is 0. The second kappa shape index (κ2) is 3.10. The van der Waals surface area contributed by atoms with Crippen molar-refractivity contribution in [2.45, 2.75) is 26.2 Å². The van der Waals surface area contributed by atoms with Crippen molar-refractivity contribution in [2.24, 2.45) is 0 Å². The Labute approximate surface area is 79.0 Å². The van der Waals surface area contributed by atoms with E-state index < -0.39 is 0 Å². The first kappa shape index (κ1) is 9.60. The lowest BCUT2D eigenvalue weighted by Gasteiger charge is -2.20. The normalized spacial score (nSPS) is 10.9. The first-order chi connectivity index (χ1) is 5.95. The molecule has 0 aliphatic rings. The van der Waals surface area contributed by atoms with Crippen LogP contribution < -0.4 is 5.73 Å². The summed E-state index contributed by atoms with van der Waals surface area (Å²) < 4.78 is 0. The molecule has 2 N–H and O–H groups in total. The molecule has 0 aliphatic carbocycles. The second-order valence-electron chi connectivity index (χ2n) is 4.16. The molecule has 0 saturated heterocycles. The van der Waals surface area contributed by atoms with E-state index in [9.17, 15) is 0 Å². The van der Waals surface area contributed by atoms with Crippen molar-refractivity contribution in [2.75, 3.05) is 5.73 Å². The number of nitrogens with two attached hydrogens (primary N) is 1. The highest BCUT2D eigenvalue weighted by atomic mass is 14.6. The van der Waals surface area contributed by atoms with Crippen LogP contribution in [-0.2, 0) is 5.41 Å². The van der Waals surface area contributed by atoms with Gasteiger partial charge in [0.1, 0.15) is 0 Å². The molecule has 0 bridgehead atoms. The van der Waals surface area contributed by atoms with Crippen LogP contribution >= 0.6 is 0 Å². The van der Waals surface area contributed by atoms with Gasteiger partial charge in [-0.25, -0.2) is 0 Å². The van der Waals surface area contributed by atoms with Gasteiger partial charge < -0.3 is 5.73 Å². The zero-order valence-corrected chi connectivity index (χ0v) is 8.26. The summed E-state index contributed by atoms with van der Waals surface area (Å²) in [5.74, 6) is 0. The molecule has 0 atom stereocenters. The van der Waals surface area contributed by atoms with E-state index in [0.717, 1.165) is 5.56 Å². The van der Waals surface area contributed by atoms with Crippen molar-refractivity contribution in [3.63, 3.8) is 0 Å². The molecule has 1 rings (SSSR count). The van der Waals surface area contributed by atoms with Crippen LogP contribution in [0.5, 0.6) is 0 Å². The van der Waals surface area contributed by atoms with Crippen LogP contribution in [0.3, 0.4) is 0 Å². The third-order valence-electron chi connectivity index (χ3n) is 1.99. The summed E-state index contributed by atoms with van der Waals surface area (Å²) in [6.07, 6.45) is 0. The SMILES string of the molecule is CC(C)(C)c1ccc(C#N)cc1N. The first-order valence-corrected chi connectivity index (χ1v) is 4.25. The van der Waals surface area contributed by atoms with Crippen molar-refractivity contribution in [3.05, 3.63) is 29.3 Å². The van der Waals surface area contributed by atoms with Crippen LogP contribution in [0.1, 0.15) is 31.9 Å². The van der Waals surface area contributed by atoms with Crippen molar-refractivity contribution in [3.8, 4) is 6.07 Å². The summed E-state index contributed by atoms with van der Waals surface area (Å²) in [6, 6.07) is 7.52. The van der Waals surface area contributed by atoms with Gasteiger partial charge in [0.25, 0.3) is 0 Å². The van der Waals surface area contributed by atoms with Gasteiger partial charge in [-0.2, -0.15) is 5.26 Å². The topological polar surface area (TPSA) is 49.8 Å². The number of hydrogen-bond acceptors (Lipinski definition) is 2. The van der Waals surface area contributed by atoms with E-state index in [1.54, 1.807) is 12.1 Å². The van der Waals surface area contributed by atoms with Crippen molar-refractivity contribution < 1.29 is 0 Å².